The number of benzene rings is 1. The summed E-state index contributed by atoms with van der Waals surface area (Å²) in [5, 5.41) is 6.58. The summed E-state index contributed by atoms with van der Waals surface area (Å²) < 4.78 is 1.31. The van der Waals surface area contributed by atoms with Crippen molar-refractivity contribution >= 4 is 27.3 Å². The van der Waals surface area contributed by atoms with Crippen LogP contribution in [0.3, 0.4) is 0 Å². The highest BCUT2D eigenvalue weighted by atomic mass is 32.1. The molecule has 21 heavy (non-hydrogen) atoms. The van der Waals surface area contributed by atoms with Gasteiger partial charge >= 0.3 is 0 Å². The molecule has 0 aliphatic heterocycles. The summed E-state index contributed by atoms with van der Waals surface area (Å²) in [7, 11) is 2.00. The minimum atomic E-state index is 0.116. The Morgan fingerprint density at radius 2 is 2.00 bits per heavy atom. The summed E-state index contributed by atoms with van der Waals surface area (Å²) in [6, 6.07) is 8.73. The van der Waals surface area contributed by atoms with Gasteiger partial charge < -0.3 is 5.32 Å². The molecule has 0 bridgehead atoms. The van der Waals surface area contributed by atoms with Crippen molar-refractivity contribution in [1.82, 2.24) is 10.2 Å². The molecular formula is C17H24N2OS. The fraction of sp³-hybridized carbons (Fsp3) is 0.471. The van der Waals surface area contributed by atoms with E-state index in [4.69, 9.17) is 0 Å². The monoisotopic (exact) mass is 304 g/mol. The van der Waals surface area contributed by atoms with Crippen LogP contribution >= 0.6 is 11.3 Å². The molecule has 1 N–H and O–H groups in total. The number of amides is 1. The van der Waals surface area contributed by atoms with Crippen LogP contribution in [0.15, 0.2) is 29.6 Å². The third kappa shape index (κ3) is 4.29. The number of nitrogens with one attached hydrogen (secondary N) is 1. The zero-order valence-electron chi connectivity index (χ0n) is 13.1. The molecule has 0 radical (unpaired) electrons. The fourth-order valence-electron chi connectivity index (χ4n) is 2.51. The molecule has 0 atom stereocenters. The molecule has 1 aromatic heterocycles. The third-order valence-corrected chi connectivity index (χ3v) is 4.78. The Kier molecular flexibility index (Phi) is 5.76. The SMILES string of the molecule is CCC(CC)NC(=O)CN(C)Cc1csc2ccccc12. The van der Waals surface area contributed by atoms with Crippen molar-refractivity contribution in [1.29, 1.82) is 0 Å². The largest absolute Gasteiger partial charge is 0.352 e. The van der Waals surface area contributed by atoms with E-state index < -0.39 is 0 Å². The lowest BCUT2D eigenvalue weighted by molar-refractivity contribution is -0.122. The van der Waals surface area contributed by atoms with Crippen LogP contribution in [0.4, 0.5) is 0 Å². The summed E-state index contributed by atoms with van der Waals surface area (Å²) in [5.41, 5.74) is 1.30. The number of thiophene rings is 1. The van der Waals surface area contributed by atoms with Crippen molar-refractivity contribution in [2.75, 3.05) is 13.6 Å². The summed E-state index contributed by atoms with van der Waals surface area (Å²) in [6.07, 6.45) is 1.97. The van der Waals surface area contributed by atoms with Gasteiger partial charge in [-0.15, -0.1) is 11.3 Å². The molecular weight excluding hydrogens is 280 g/mol. The maximum atomic E-state index is 12.0. The number of hydrogen-bond donors (Lipinski definition) is 1. The van der Waals surface area contributed by atoms with E-state index in [1.807, 2.05) is 7.05 Å². The average molecular weight is 304 g/mol. The first-order valence-electron chi connectivity index (χ1n) is 7.57. The Labute approximate surface area is 131 Å². The van der Waals surface area contributed by atoms with Gasteiger partial charge in [-0.05, 0) is 42.3 Å². The van der Waals surface area contributed by atoms with Crippen molar-refractivity contribution < 1.29 is 4.79 Å². The van der Waals surface area contributed by atoms with Crippen LogP contribution in [0.5, 0.6) is 0 Å². The van der Waals surface area contributed by atoms with E-state index in [1.54, 1.807) is 11.3 Å². The lowest BCUT2D eigenvalue weighted by atomic mass is 10.1. The summed E-state index contributed by atoms with van der Waals surface area (Å²) in [4.78, 5) is 14.1. The van der Waals surface area contributed by atoms with Crippen molar-refractivity contribution in [3.8, 4) is 0 Å². The van der Waals surface area contributed by atoms with Crippen molar-refractivity contribution in [3.63, 3.8) is 0 Å². The molecule has 0 unspecified atom stereocenters. The number of fused-ring (bicyclic) bond motifs is 1. The molecule has 1 heterocycles. The quantitative estimate of drug-likeness (QED) is 0.847. The van der Waals surface area contributed by atoms with Gasteiger partial charge in [0.15, 0.2) is 0 Å². The first kappa shape index (κ1) is 16.0. The number of carbonyl (C=O) groups is 1. The molecule has 0 fully saturated rings. The van der Waals surface area contributed by atoms with Crippen molar-refractivity contribution in [2.45, 2.75) is 39.3 Å². The standard InChI is InChI=1S/C17H24N2OS/c1-4-14(5-2)18-17(20)11-19(3)10-13-12-21-16-9-7-6-8-15(13)16/h6-9,12,14H,4-5,10-11H2,1-3H3,(H,18,20). The van der Waals surface area contributed by atoms with Gasteiger partial charge in [0.2, 0.25) is 5.91 Å². The van der Waals surface area contributed by atoms with E-state index in [-0.39, 0.29) is 5.91 Å². The molecule has 1 amide bonds. The van der Waals surface area contributed by atoms with Gasteiger partial charge in [0.1, 0.15) is 0 Å². The Morgan fingerprint density at radius 3 is 2.71 bits per heavy atom. The molecule has 4 heteroatoms. The predicted molar refractivity (Wildman–Crippen MR) is 90.7 cm³/mol. The molecule has 2 aromatic rings. The van der Waals surface area contributed by atoms with E-state index in [9.17, 15) is 4.79 Å². The molecule has 1 aromatic carbocycles. The molecule has 0 aliphatic carbocycles. The van der Waals surface area contributed by atoms with Crippen LogP contribution in [-0.2, 0) is 11.3 Å². The minimum Gasteiger partial charge on any atom is -0.352 e. The van der Waals surface area contributed by atoms with Gasteiger partial charge in [0.05, 0.1) is 6.54 Å². The predicted octanol–water partition coefficient (Wildman–Crippen LogP) is 3.64. The molecule has 0 saturated heterocycles. The number of rotatable bonds is 7. The van der Waals surface area contributed by atoms with Crippen molar-refractivity contribution in [2.24, 2.45) is 0 Å². The van der Waals surface area contributed by atoms with Gasteiger partial charge in [-0.3, -0.25) is 9.69 Å². The Bertz CT molecular complexity index is 589. The Morgan fingerprint density at radius 1 is 1.29 bits per heavy atom. The zero-order chi connectivity index (χ0) is 15.2. The molecule has 0 aliphatic rings. The highest BCUT2D eigenvalue weighted by molar-refractivity contribution is 7.17. The summed E-state index contributed by atoms with van der Waals surface area (Å²) >= 11 is 1.77. The van der Waals surface area contributed by atoms with Crippen LogP contribution in [0, 0.1) is 0 Å². The van der Waals surface area contributed by atoms with Gasteiger partial charge in [0, 0.05) is 17.3 Å². The first-order valence-corrected chi connectivity index (χ1v) is 8.45. The number of nitrogens with zero attached hydrogens (tertiary/aromatic N) is 1. The van der Waals surface area contributed by atoms with Gasteiger partial charge in [0.25, 0.3) is 0 Å². The molecule has 0 spiro atoms. The number of hydrogen-bond acceptors (Lipinski definition) is 3. The minimum absolute atomic E-state index is 0.116. The highest BCUT2D eigenvalue weighted by Crippen LogP contribution is 2.26. The number of likely N-dealkylation sites (N-methyl/N-ethyl adjacent to an activating group) is 1. The number of carbonyl (C=O) groups excluding carboxylic acids is 1. The molecule has 3 nitrogen and oxygen atoms in total. The van der Waals surface area contributed by atoms with E-state index in [0.717, 1.165) is 19.4 Å². The van der Waals surface area contributed by atoms with Crippen LogP contribution in [0.25, 0.3) is 10.1 Å². The summed E-state index contributed by atoms with van der Waals surface area (Å²) in [5.74, 6) is 0.116. The van der Waals surface area contributed by atoms with Gasteiger partial charge in [-0.1, -0.05) is 32.0 Å². The maximum Gasteiger partial charge on any atom is 0.234 e. The third-order valence-electron chi connectivity index (χ3n) is 3.77. The fourth-order valence-corrected chi connectivity index (χ4v) is 3.47. The molecule has 2 rings (SSSR count). The maximum absolute atomic E-state index is 12.0. The molecule has 114 valence electrons. The lowest BCUT2D eigenvalue weighted by Crippen LogP contribution is -2.40. The van der Waals surface area contributed by atoms with E-state index in [0.29, 0.717) is 12.6 Å². The Hall–Kier alpha value is -1.39. The first-order chi connectivity index (χ1) is 10.1. The van der Waals surface area contributed by atoms with Gasteiger partial charge in [-0.25, -0.2) is 0 Å². The van der Waals surface area contributed by atoms with E-state index >= 15 is 0 Å². The van der Waals surface area contributed by atoms with Crippen LogP contribution in [0.1, 0.15) is 32.3 Å². The van der Waals surface area contributed by atoms with E-state index in [2.05, 4.69) is 53.7 Å². The van der Waals surface area contributed by atoms with Gasteiger partial charge in [-0.2, -0.15) is 0 Å². The lowest BCUT2D eigenvalue weighted by Gasteiger charge is -2.19. The second-order valence-electron chi connectivity index (χ2n) is 5.51. The Balaban J connectivity index is 1.92. The highest BCUT2D eigenvalue weighted by Gasteiger charge is 2.12. The average Bonchev–Trinajstić information content (AvgIpc) is 2.88. The summed E-state index contributed by atoms with van der Waals surface area (Å²) in [6.45, 7) is 5.46. The van der Waals surface area contributed by atoms with Crippen LogP contribution in [-0.4, -0.2) is 30.4 Å². The smallest absolute Gasteiger partial charge is 0.234 e. The second-order valence-corrected chi connectivity index (χ2v) is 6.42. The normalized spacial score (nSPS) is 11.5. The van der Waals surface area contributed by atoms with Crippen LogP contribution < -0.4 is 5.32 Å². The second kappa shape index (κ2) is 7.57. The molecule has 0 saturated carbocycles. The van der Waals surface area contributed by atoms with Crippen molar-refractivity contribution in [3.05, 3.63) is 35.2 Å². The van der Waals surface area contributed by atoms with Crippen LogP contribution in [0.2, 0.25) is 0 Å². The zero-order valence-corrected chi connectivity index (χ0v) is 13.9. The van der Waals surface area contributed by atoms with E-state index in [1.165, 1.54) is 15.6 Å². The topological polar surface area (TPSA) is 32.3 Å².